The fourth-order valence-electron chi connectivity index (χ4n) is 1.21. The molecule has 0 amide bonds. The number of aromatic nitrogens is 2. The van der Waals surface area contributed by atoms with E-state index in [1.807, 2.05) is 0 Å². The average molecular weight is 304 g/mol. The van der Waals surface area contributed by atoms with E-state index in [1.54, 1.807) is 0 Å². The zero-order valence-corrected chi connectivity index (χ0v) is 10.0. The summed E-state index contributed by atoms with van der Waals surface area (Å²) in [5.41, 5.74) is 1.18. The Morgan fingerprint density at radius 2 is 2.38 bits per heavy atom. The first-order valence-corrected chi connectivity index (χ1v) is 6.45. The SMILES string of the molecule is ICc1nc(C2=CCCC=C2)ns1. The maximum absolute atomic E-state index is 4.43. The Hall–Kier alpha value is -0.230. The molecule has 1 aliphatic rings. The molecule has 0 bridgehead atoms. The number of allylic oxidation sites excluding steroid dienone is 4. The maximum atomic E-state index is 4.43. The molecule has 0 saturated heterocycles. The van der Waals surface area contributed by atoms with E-state index in [0.717, 1.165) is 28.1 Å². The second-order valence-electron chi connectivity index (χ2n) is 2.78. The van der Waals surface area contributed by atoms with E-state index in [2.05, 4.69) is 50.2 Å². The van der Waals surface area contributed by atoms with Gasteiger partial charge in [0.05, 0.1) is 4.43 Å². The summed E-state index contributed by atoms with van der Waals surface area (Å²) in [6, 6.07) is 0. The molecular formula is C9H9IN2S. The summed E-state index contributed by atoms with van der Waals surface area (Å²) in [6.45, 7) is 0. The van der Waals surface area contributed by atoms with Gasteiger partial charge in [-0.25, -0.2) is 4.98 Å². The van der Waals surface area contributed by atoms with Crippen LogP contribution in [0.3, 0.4) is 0 Å². The van der Waals surface area contributed by atoms with E-state index in [4.69, 9.17) is 0 Å². The summed E-state index contributed by atoms with van der Waals surface area (Å²) < 4.78 is 5.27. The van der Waals surface area contributed by atoms with E-state index in [-0.39, 0.29) is 0 Å². The lowest BCUT2D eigenvalue weighted by atomic mass is 10.1. The molecule has 68 valence electrons. The second kappa shape index (κ2) is 4.32. The van der Waals surface area contributed by atoms with Gasteiger partial charge in [-0.15, -0.1) is 0 Å². The van der Waals surface area contributed by atoms with Gasteiger partial charge in [0.2, 0.25) is 0 Å². The number of hydrogen-bond donors (Lipinski definition) is 0. The van der Waals surface area contributed by atoms with Crippen molar-refractivity contribution in [3.05, 3.63) is 29.1 Å². The van der Waals surface area contributed by atoms with Crippen molar-refractivity contribution in [2.45, 2.75) is 17.3 Å². The van der Waals surface area contributed by atoms with Crippen LogP contribution in [0.4, 0.5) is 0 Å². The van der Waals surface area contributed by atoms with Gasteiger partial charge in [-0.3, -0.25) is 0 Å². The van der Waals surface area contributed by atoms with Gasteiger partial charge in [-0.2, -0.15) is 4.37 Å². The Morgan fingerprint density at radius 3 is 3.00 bits per heavy atom. The average Bonchev–Trinajstić information content (AvgIpc) is 2.67. The van der Waals surface area contributed by atoms with Crippen LogP contribution in [-0.4, -0.2) is 9.36 Å². The molecule has 0 aromatic carbocycles. The smallest absolute Gasteiger partial charge is 0.172 e. The van der Waals surface area contributed by atoms with Crippen molar-refractivity contribution in [2.24, 2.45) is 0 Å². The summed E-state index contributed by atoms with van der Waals surface area (Å²) in [5.74, 6) is 0.896. The van der Waals surface area contributed by atoms with E-state index < -0.39 is 0 Å². The van der Waals surface area contributed by atoms with Crippen LogP contribution in [0.1, 0.15) is 23.7 Å². The summed E-state index contributed by atoms with van der Waals surface area (Å²) in [4.78, 5) is 4.43. The first kappa shape index (κ1) is 9.33. The zero-order chi connectivity index (χ0) is 9.10. The molecule has 13 heavy (non-hydrogen) atoms. The van der Waals surface area contributed by atoms with E-state index in [1.165, 1.54) is 17.1 Å². The summed E-state index contributed by atoms with van der Waals surface area (Å²) in [5, 5.41) is 1.11. The van der Waals surface area contributed by atoms with E-state index in [9.17, 15) is 0 Å². The Labute approximate surface area is 95.1 Å². The fourth-order valence-corrected chi connectivity index (χ4v) is 2.31. The molecule has 0 aliphatic heterocycles. The molecule has 0 radical (unpaired) electrons. The van der Waals surface area contributed by atoms with Crippen molar-refractivity contribution in [3.8, 4) is 0 Å². The molecular weight excluding hydrogens is 295 g/mol. The summed E-state index contributed by atoms with van der Waals surface area (Å²) in [7, 11) is 0. The lowest BCUT2D eigenvalue weighted by Crippen LogP contribution is -1.88. The first-order chi connectivity index (χ1) is 6.40. The fraction of sp³-hybridized carbons (Fsp3) is 0.333. The predicted octanol–water partition coefficient (Wildman–Crippen LogP) is 3.21. The van der Waals surface area contributed by atoms with Gasteiger partial charge in [0.25, 0.3) is 0 Å². The molecule has 2 rings (SSSR count). The van der Waals surface area contributed by atoms with Gasteiger partial charge in [-0.05, 0) is 24.4 Å². The van der Waals surface area contributed by atoms with Gasteiger partial charge in [-0.1, -0.05) is 40.8 Å². The van der Waals surface area contributed by atoms with Gasteiger partial charge in [0, 0.05) is 5.57 Å². The van der Waals surface area contributed by atoms with Crippen LogP contribution < -0.4 is 0 Å². The van der Waals surface area contributed by atoms with Gasteiger partial charge >= 0.3 is 0 Å². The number of rotatable bonds is 2. The van der Waals surface area contributed by atoms with Crippen LogP contribution in [0.5, 0.6) is 0 Å². The molecule has 0 N–H and O–H groups in total. The maximum Gasteiger partial charge on any atom is 0.172 e. The molecule has 1 aliphatic carbocycles. The molecule has 2 nitrogen and oxygen atoms in total. The Balaban J connectivity index is 2.24. The van der Waals surface area contributed by atoms with Crippen molar-refractivity contribution in [1.82, 2.24) is 9.36 Å². The van der Waals surface area contributed by atoms with Gasteiger partial charge in [0.1, 0.15) is 5.01 Å². The minimum atomic E-state index is 0.896. The predicted molar refractivity (Wildman–Crippen MR) is 64.0 cm³/mol. The highest BCUT2D eigenvalue weighted by molar-refractivity contribution is 14.1. The van der Waals surface area contributed by atoms with Crippen LogP contribution >= 0.6 is 34.1 Å². The highest BCUT2D eigenvalue weighted by Crippen LogP contribution is 2.20. The Bertz CT molecular complexity index is 354. The molecule has 1 aromatic heterocycles. The molecule has 4 heteroatoms. The van der Waals surface area contributed by atoms with Crippen molar-refractivity contribution in [3.63, 3.8) is 0 Å². The molecule has 0 saturated carbocycles. The van der Waals surface area contributed by atoms with Crippen molar-refractivity contribution in [1.29, 1.82) is 0 Å². The minimum Gasteiger partial charge on any atom is -0.219 e. The molecule has 0 fully saturated rings. The molecule has 1 heterocycles. The van der Waals surface area contributed by atoms with E-state index in [0.29, 0.717) is 0 Å². The van der Waals surface area contributed by atoms with Gasteiger partial charge in [0.15, 0.2) is 5.82 Å². The van der Waals surface area contributed by atoms with Crippen LogP contribution in [0, 0.1) is 0 Å². The third-order valence-electron chi connectivity index (χ3n) is 1.84. The normalized spacial score (nSPS) is 15.9. The monoisotopic (exact) mass is 304 g/mol. The van der Waals surface area contributed by atoms with Crippen molar-refractivity contribution < 1.29 is 0 Å². The quantitative estimate of drug-likeness (QED) is 0.619. The largest absolute Gasteiger partial charge is 0.219 e. The Kier molecular flexibility index (Phi) is 3.10. The zero-order valence-electron chi connectivity index (χ0n) is 7.03. The number of nitrogens with zero attached hydrogens (tertiary/aromatic N) is 2. The molecule has 0 unspecified atom stereocenters. The summed E-state index contributed by atoms with van der Waals surface area (Å²) >= 11 is 3.81. The van der Waals surface area contributed by atoms with E-state index >= 15 is 0 Å². The topological polar surface area (TPSA) is 25.8 Å². The highest BCUT2D eigenvalue weighted by atomic mass is 127. The second-order valence-corrected chi connectivity index (χ2v) is 4.38. The number of alkyl halides is 1. The highest BCUT2D eigenvalue weighted by Gasteiger charge is 2.07. The lowest BCUT2D eigenvalue weighted by molar-refractivity contribution is 1.03. The van der Waals surface area contributed by atoms with Crippen molar-refractivity contribution >= 4 is 39.7 Å². The molecule has 0 spiro atoms. The minimum absolute atomic E-state index is 0.896. The third-order valence-corrected chi connectivity index (χ3v) is 3.79. The number of halogens is 1. The number of hydrogen-bond acceptors (Lipinski definition) is 3. The lowest BCUT2D eigenvalue weighted by Gasteiger charge is -2.01. The van der Waals surface area contributed by atoms with Crippen LogP contribution in [-0.2, 0) is 4.43 Å². The Morgan fingerprint density at radius 1 is 1.46 bits per heavy atom. The third kappa shape index (κ3) is 2.17. The molecule has 1 aromatic rings. The molecule has 0 atom stereocenters. The van der Waals surface area contributed by atoms with Crippen LogP contribution in [0.25, 0.3) is 5.57 Å². The first-order valence-electron chi connectivity index (χ1n) is 4.16. The van der Waals surface area contributed by atoms with Gasteiger partial charge < -0.3 is 0 Å². The standard InChI is InChI=1S/C9H9IN2S/c10-6-8-11-9(12-13-8)7-4-2-1-3-5-7/h2,4-5H,1,3,6H2. The van der Waals surface area contributed by atoms with Crippen LogP contribution in [0.15, 0.2) is 18.2 Å². The summed E-state index contributed by atoms with van der Waals surface area (Å²) in [6.07, 6.45) is 8.76. The van der Waals surface area contributed by atoms with Crippen molar-refractivity contribution in [2.75, 3.05) is 0 Å². The van der Waals surface area contributed by atoms with Crippen LogP contribution in [0.2, 0.25) is 0 Å².